The maximum Gasteiger partial charge on any atom is 0.251 e. The van der Waals surface area contributed by atoms with Crippen LogP contribution < -0.4 is 11.1 Å². The lowest BCUT2D eigenvalue weighted by Gasteiger charge is -2.08. The van der Waals surface area contributed by atoms with E-state index >= 15 is 0 Å². The van der Waals surface area contributed by atoms with Gasteiger partial charge < -0.3 is 16.3 Å². The van der Waals surface area contributed by atoms with Crippen LogP contribution in [0.5, 0.6) is 0 Å². The largest absolute Gasteiger partial charge is 0.409 e. The first-order chi connectivity index (χ1) is 8.19. The van der Waals surface area contributed by atoms with E-state index in [2.05, 4.69) is 10.5 Å². The van der Waals surface area contributed by atoms with Gasteiger partial charge >= 0.3 is 0 Å². The zero-order chi connectivity index (χ0) is 12.7. The second-order valence-electron chi connectivity index (χ2n) is 3.61. The van der Waals surface area contributed by atoms with Crippen molar-refractivity contribution in [1.29, 1.82) is 0 Å². The highest BCUT2D eigenvalue weighted by molar-refractivity contribution is 5.95. The van der Waals surface area contributed by atoms with Crippen LogP contribution in [0.3, 0.4) is 0 Å². The van der Waals surface area contributed by atoms with Crippen molar-refractivity contribution in [3.05, 3.63) is 35.4 Å². The Labute approximate surface area is 100 Å². The van der Waals surface area contributed by atoms with Crippen LogP contribution >= 0.6 is 0 Å². The van der Waals surface area contributed by atoms with Gasteiger partial charge in [-0.15, -0.1) is 0 Å². The number of nitrogens with zero attached hydrogens (tertiary/aromatic N) is 1. The Bertz CT molecular complexity index is 416. The van der Waals surface area contributed by atoms with Gasteiger partial charge in [-0.05, 0) is 18.1 Å². The Balaban J connectivity index is 2.58. The molecule has 4 N–H and O–H groups in total. The molecular weight excluding hydrogens is 218 g/mol. The van der Waals surface area contributed by atoms with Gasteiger partial charge in [-0.25, -0.2) is 0 Å². The van der Waals surface area contributed by atoms with E-state index in [1.54, 1.807) is 6.07 Å². The van der Waals surface area contributed by atoms with Gasteiger partial charge in [-0.2, -0.15) is 0 Å². The van der Waals surface area contributed by atoms with Gasteiger partial charge in [0.05, 0.1) is 0 Å². The molecule has 0 saturated heterocycles. The Morgan fingerprint density at radius 3 is 2.82 bits per heavy atom. The first-order valence-corrected chi connectivity index (χ1v) is 5.51. The van der Waals surface area contributed by atoms with Gasteiger partial charge in [0.1, 0.15) is 5.84 Å². The molecule has 17 heavy (non-hydrogen) atoms. The molecule has 1 rings (SSSR count). The van der Waals surface area contributed by atoms with Crippen LogP contribution in [0.4, 0.5) is 0 Å². The normalized spacial score (nSPS) is 11.2. The van der Waals surface area contributed by atoms with Crippen LogP contribution in [-0.4, -0.2) is 23.5 Å². The van der Waals surface area contributed by atoms with E-state index in [0.29, 0.717) is 18.5 Å². The number of hydrogen-bond donors (Lipinski definition) is 3. The molecule has 0 aliphatic carbocycles. The molecule has 0 heterocycles. The fourth-order valence-electron chi connectivity index (χ4n) is 1.50. The molecule has 0 fully saturated rings. The SMILES string of the molecule is CCc1ccccc1C(=O)NCC/C(N)=N/O. The molecule has 0 unspecified atom stereocenters. The number of oxime groups is 1. The highest BCUT2D eigenvalue weighted by atomic mass is 16.4. The van der Waals surface area contributed by atoms with Crippen molar-refractivity contribution >= 4 is 11.7 Å². The van der Waals surface area contributed by atoms with Crippen LogP contribution in [-0.2, 0) is 6.42 Å². The summed E-state index contributed by atoms with van der Waals surface area (Å²) in [5.74, 6) is -0.0257. The van der Waals surface area contributed by atoms with Gasteiger partial charge in [0, 0.05) is 18.5 Å². The molecule has 92 valence electrons. The number of nitrogens with two attached hydrogens (primary N) is 1. The molecule has 5 heteroatoms. The predicted octanol–water partition coefficient (Wildman–Crippen LogP) is 1.12. The van der Waals surface area contributed by atoms with E-state index in [1.165, 1.54) is 0 Å². The van der Waals surface area contributed by atoms with E-state index < -0.39 is 0 Å². The number of nitrogens with one attached hydrogen (secondary N) is 1. The lowest BCUT2D eigenvalue weighted by Crippen LogP contribution is -2.28. The quantitative estimate of drug-likeness (QED) is 0.309. The smallest absolute Gasteiger partial charge is 0.251 e. The van der Waals surface area contributed by atoms with Crippen molar-refractivity contribution in [3.63, 3.8) is 0 Å². The van der Waals surface area contributed by atoms with Crippen LogP contribution in [0.2, 0.25) is 0 Å². The van der Waals surface area contributed by atoms with E-state index in [1.807, 2.05) is 25.1 Å². The fraction of sp³-hybridized carbons (Fsp3) is 0.333. The molecule has 1 aromatic carbocycles. The summed E-state index contributed by atoms with van der Waals surface area (Å²) in [6, 6.07) is 7.46. The summed E-state index contributed by atoms with van der Waals surface area (Å²) in [6.07, 6.45) is 1.14. The van der Waals surface area contributed by atoms with Gasteiger partial charge in [0.15, 0.2) is 0 Å². The second kappa shape index (κ2) is 6.52. The Morgan fingerprint density at radius 1 is 1.47 bits per heavy atom. The molecule has 5 nitrogen and oxygen atoms in total. The minimum absolute atomic E-state index is 0.106. The van der Waals surface area contributed by atoms with Crippen molar-refractivity contribution < 1.29 is 10.0 Å². The van der Waals surface area contributed by atoms with E-state index in [0.717, 1.165) is 12.0 Å². The minimum Gasteiger partial charge on any atom is -0.409 e. The third kappa shape index (κ3) is 3.79. The van der Waals surface area contributed by atoms with Gasteiger partial charge in [0.2, 0.25) is 0 Å². The summed E-state index contributed by atoms with van der Waals surface area (Å²) >= 11 is 0. The van der Waals surface area contributed by atoms with Gasteiger partial charge in [-0.3, -0.25) is 4.79 Å². The molecule has 0 aliphatic heterocycles. The highest BCUT2D eigenvalue weighted by Crippen LogP contribution is 2.08. The standard InChI is InChI=1S/C12H17N3O2/c1-2-9-5-3-4-6-10(9)12(16)14-8-7-11(13)15-17/h3-6,17H,2,7-8H2,1H3,(H2,13,15)(H,14,16). The maximum absolute atomic E-state index is 11.8. The monoisotopic (exact) mass is 235 g/mol. The van der Waals surface area contributed by atoms with Gasteiger partial charge in [-0.1, -0.05) is 30.3 Å². The molecule has 0 aliphatic rings. The molecule has 0 bridgehead atoms. The van der Waals surface area contributed by atoms with Crippen LogP contribution in [0, 0.1) is 0 Å². The number of rotatable bonds is 5. The third-order valence-corrected chi connectivity index (χ3v) is 2.44. The van der Waals surface area contributed by atoms with Crippen molar-refractivity contribution in [2.75, 3.05) is 6.54 Å². The van der Waals surface area contributed by atoms with Crippen LogP contribution in [0.15, 0.2) is 29.4 Å². The highest BCUT2D eigenvalue weighted by Gasteiger charge is 2.08. The number of amides is 1. The Morgan fingerprint density at radius 2 is 2.18 bits per heavy atom. The Kier molecular flexibility index (Phi) is 5.00. The number of carbonyl (C=O) groups is 1. The summed E-state index contributed by atoms with van der Waals surface area (Å²) in [5.41, 5.74) is 6.99. The molecule has 0 radical (unpaired) electrons. The summed E-state index contributed by atoms with van der Waals surface area (Å²) < 4.78 is 0. The average molecular weight is 235 g/mol. The fourth-order valence-corrected chi connectivity index (χ4v) is 1.50. The zero-order valence-electron chi connectivity index (χ0n) is 9.81. The van der Waals surface area contributed by atoms with E-state index in [-0.39, 0.29) is 11.7 Å². The first-order valence-electron chi connectivity index (χ1n) is 5.51. The van der Waals surface area contributed by atoms with Crippen LogP contribution in [0.1, 0.15) is 29.3 Å². The third-order valence-electron chi connectivity index (χ3n) is 2.44. The predicted molar refractivity (Wildman–Crippen MR) is 66.2 cm³/mol. The van der Waals surface area contributed by atoms with Crippen molar-refractivity contribution in [3.8, 4) is 0 Å². The number of hydrogen-bond acceptors (Lipinski definition) is 3. The first kappa shape index (κ1) is 13.0. The van der Waals surface area contributed by atoms with E-state index in [4.69, 9.17) is 10.9 Å². The summed E-state index contributed by atoms with van der Waals surface area (Å²) in [4.78, 5) is 11.8. The molecule has 1 aromatic rings. The lowest BCUT2D eigenvalue weighted by molar-refractivity contribution is 0.0953. The number of aryl methyl sites for hydroxylation is 1. The van der Waals surface area contributed by atoms with Crippen molar-refractivity contribution in [2.24, 2.45) is 10.9 Å². The maximum atomic E-state index is 11.8. The number of benzene rings is 1. The molecule has 0 aromatic heterocycles. The van der Waals surface area contributed by atoms with Crippen LogP contribution in [0.25, 0.3) is 0 Å². The molecule has 0 spiro atoms. The molecule has 1 amide bonds. The summed E-state index contributed by atoms with van der Waals surface area (Å²) in [7, 11) is 0. The second-order valence-corrected chi connectivity index (χ2v) is 3.61. The van der Waals surface area contributed by atoms with Gasteiger partial charge in [0.25, 0.3) is 5.91 Å². The Hall–Kier alpha value is -2.04. The molecular formula is C12H17N3O2. The van der Waals surface area contributed by atoms with E-state index in [9.17, 15) is 4.79 Å². The van der Waals surface area contributed by atoms with Crippen molar-refractivity contribution in [2.45, 2.75) is 19.8 Å². The summed E-state index contributed by atoms with van der Waals surface area (Å²) in [5, 5.41) is 13.9. The number of amidine groups is 1. The topological polar surface area (TPSA) is 87.7 Å². The molecule has 0 saturated carbocycles. The number of carbonyl (C=O) groups excluding carboxylic acids is 1. The average Bonchev–Trinajstić information content (AvgIpc) is 2.38. The lowest BCUT2D eigenvalue weighted by atomic mass is 10.0. The minimum atomic E-state index is -0.131. The molecule has 0 atom stereocenters. The van der Waals surface area contributed by atoms with Crippen molar-refractivity contribution in [1.82, 2.24) is 5.32 Å². The zero-order valence-corrected chi connectivity index (χ0v) is 9.81. The summed E-state index contributed by atoms with van der Waals surface area (Å²) in [6.45, 7) is 2.36.